The molecule has 0 amide bonds. The van der Waals surface area contributed by atoms with Crippen LogP contribution >= 0.6 is 24.0 Å². The third-order valence-electron chi connectivity index (χ3n) is 3.96. The highest BCUT2D eigenvalue weighted by Crippen LogP contribution is 2.51. The number of piperidine rings is 2. The Kier molecular flexibility index (Phi) is 3.22. The lowest BCUT2D eigenvalue weighted by Crippen LogP contribution is -2.57. The van der Waals surface area contributed by atoms with Gasteiger partial charge in [-0.05, 0) is 43.5 Å². The average molecular weight is 258 g/mol. The molecule has 2 aliphatic heterocycles. The van der Waals surface area contributed by atoms with E-state index in [0.717, 1.165) is 10.9 Å². The van der Waals surface area contributed by atoms with E-state index in [1.807, 2.05) is 12.1 Å². The molecule has 3 aliphatic rings. The predicted molar refractivity (Wildman–Crippen MR) is 70.6 cm³/mol. The highest BCUT2D eigenvalue weighted by molar-refractivity contribution is 6.30. The van der Waals surface area contributed by atoms with Gasteiger partial charge in [0.2, 0.25) is 0 Å². The molecule has 2 bridgehead atoms. The lowest BCUT2D eigenvalue weighted by atomic mass is 9.56. The second kappa shape index (κ2) is 4.21. The van der Waals surface area contributed by atoms with Crippen LogP contribution in [-0.4, -0.2) is 25.0 Å². The molecule has 1 aliphatic carbocycles. The van der Waals surface area contributed by atoms with Crippen LogP contribution in [0.1, 0.15) is 18.4 Å². The molecule has 3 heteroatoms. The molecular formula is C13H17Cl2N. The topological polar surface area (TPSA) is 3.24 Å². The zero-order chi connectivity index (χ0) is 10.5. The van der Waals surface area contributed by atoms with Crippen LogP contribution < -0.4 is 0 Å². The molecule has 0 radical (unpaired) electrons. The largest absolute Gasteiger partial charge is 0.305 e. The van der Waals surface area contributed by atoms with E-state index < -0.39 is 0 Å². The maximum absolute atomic E-state index is 5.93. The van der Waals surface area contributed by atoms with Crippen LogP contribution in [0.25, 0.3) is 0 Å². The summed E-state index contributed by atoms with van der Waals surface area (Å²) < 4.78 is 0. The van der Waals surface area contributed by atoms with Gasteiger partial charge in [-0.15, -0.1) is 12.4 Å². The summed E-state index contributed by atoms with van der Waals surface area (Å²) in [6, 6.07) is 8.45. The fourth-order valence-corrected chi connectivity index (χ4v) is 3.58. The molecule has 0 unspecified atom stereocenters. The van der Waals surface area contributed by atoms with E-state index in [-0.39, 0.29) is 12.4 Å². The molecule has 1 aromatic carbocycles. The fourth-order valence-electron chi connectivity index (χ4n) is 3.46. The minimum absolute atomic E-state index is 0. The van der Waals surface area contributed by atoms with Gasteiger partial charge in [0, 0.05) is 23.5 Å². The van der Waals surface area contributed by atoms with E-state index in [4.69, 9.17) is 11.6 Å². The molecule has 0 atom stereocenters. The number of hydrogen-bond donors (Lipinski definition) is 0. The normalized spacial score (nSPS) is 32.8. The Hall–Kier alpha value is -0.240. The highest BCUT2D eigenvalue weighted by atomic mass is 35.5. The van der Waals surface area contributed by atoms with Crippen molar-refractivity contribution in [2.45, 2.75) is 18.3 Å². The molecule has 1 aromatic rings. The number of halogens is 2. The summed E-state index contributed by atoms with van der Waals surface area (Å²) in [4.78, 5) is 2.46. The molecule has 88 valence electrons. The third-order valence-corrected chi connectivity index (χ3v) is 4.21. The minimum Gasteiger partial charge on any atom is -0.305 e. The van der Waals surface area contributed by atoms with Gasteiger partial charge in [0.25, 0.3) is 0 Å². The van der Waals surface area contributed by atoms with Gasteiger partial charge in [-0.2, -0.15) is 0 Å². The summed E-state index contributed by atoms with van der Waals surface area (Å²) >= 11 is 5.93. The van der Waals surface area contributed by atoms with E-state index >= 15 is 0 Å². The van der Waals surface area contributed by atoms with Crippen LogP contribution in [0.15, 0.2) is 24.3 Å². The van der Waals surface area contributed by atoms with E-state index in [2.05, 4.69) is 24.1 Å². The van der Waals surface area contributed by atoms with Crippen molar-refractivity contribution in [1.82, 2.24) is 4.90 Å². The lowest BCUT2D eigenvalue weighted by Gasteiger charge is -2.56. The van der Waals surface area contributed by atoms with Gasteiger partial charge >= 0.3 is 0 Å². The van der Waals surface area contributed by atoms with Crippen molar-refractivity contribution in [1.29, 1.82) is 0 Å². The van der Waals surface area contributed by atoms with Crippen LogP contribution in [0, 0.1) is 5.92 Å². The molecular weight excluding hydrogens is 241 g/mol. The number of benzene rings is 1. The second-order valence-electron chi connectivity index (χ2n) is 5.26. The molecule has 1 nitrogen and oxygen atoms in total. The molecule has 3 fully saturated rings. The van der Waals surface area contributed by atoms with Crippen molar-refractivity contribution in [3.05, 3.63) is 34.9 Å². The van der Waals surface area contributed by atoms with Crippen molar-refractivity contribution in [3.63, 3.8) is 0 Å². The molecule has 0 aromatic heterocycles. The maximum Gasteiger partial charge on any atom is 0.0406 e. The number of hydrogen-bond acceptors (Lipinski definition) is 1. The standard InChI is InChI=1S/C13H16ClN.ClH/c1-15-8-10-6-13(7-10,9-15)11-2-4-12(14)5-3-11;/h2-5,10H,6-9H2,1H3;1H. The van der Waals surface area contributed by atoms with Gasteiger partial charge < -0.3 is 4.90 Å². The summed E-state index contributed by atoms with van der Waals surface area (Å²) in [6.07, 6.45) is 2.75. The van der Waals surface area contributed by atoms with Gasteiger partial charge in [-0.1, -0.05) is 23.7 Å². The monoisotopic (exact) mass is 257 g/mol. The summed E-state index contributed by atoms with van der Waals surface area (Å²) in [5.74, 6) is 0.930. The third kappa shape index (κ3) is 1.85. The molecule has 2 saturated heterocycles. The second-order valence-corrected chi connectivity index (χ2v) is 5.69. The molecule has 2 heterocycles. The fraction of sp³-hybridized carbons (Fsp3) is 0.538. The number of fused-ring (bicyclic) bond motifs is 2. The average Bonchev–Trinajstić information content (AvgIpc) is 2.16. The first-order chi connectivity index (χ1) is 7.18. The van der Waals surface area contributed by atoms with E-state index in [1.54, 1.807) is 0 Å². The van der Waals surface area contributed by atoms with Crippen LogP contribution in [-0.2, 0) is 5.41 Å². The first-order valence-corrected chi connectivity index (χ1v) is 6.00. The van der Waals surface area contributed by atoms with Crippen LogP contribution in [0.4, 0.5) is 0 Å². The van der Waals surface area contributed by atoms with Crippen LogP contribution in [0.5, 0.6) is 0 Å². The van der Waals surface area contributed by atoms with Crippen LogP contribution in [0.2, 0.25) is 5.02 Å². The van der Waals surface area contributed by atoms with E-state index in [1.165, 1.54) is 31.5 Å². The van der Waals surface area contributed by atoms with Gasteiger partial charge in [0.1, 0.15) is 0 Å². The lowest BCUT2D eigenvalue weighted by molar-refractivity contribution is 0.0104. The molecule has 0 N–H and O–H groups in total. The van der Waals surface area contributed by atoms with Crippen molar-refractivity contribution in [2.75, 3.05) is 20.1 Å². The molecule has 0 spiro atoms. The number of rotatable bonds is 1. The SMILES string of the molecule is CN1CC2CC(c3ccc(Cl)cc3)(C2)C1.Cl. The first-order valence-electron chi connectivity index (χ1n) is 5.63. The Balaban J connectivity index is 0.000000963. The summed E-state index contributed by atoms with van der Waals surface area (Å²) in [7, 11) is 2.23. The zero-order valence-corrected chi connectivity index (χ0v) is 11.0. The molecule has 4 rings (SSSR count). The van der Waals surface area contributed by atoms with Crippen molar-refractivity contribution in [3.8, 4) is 0 Å². The van der Waals surface area contributed by atoms with Crippen molar-refractivity contribution >= 4 is 24.0 Å². The Morgan fingerprint density at radius 2 is 1.88 bits per heavy atom. The maximum atomic E-state index is 5.93. The number of likely N-dealkylation sites (N-methyl/N-ethyl adjacent to an activating group) is 1. The van der Waals surface area contributed by atoms with Gasteiger partial charge in [-0.3, -0.25) is 0 Å². The van der Waals surface area contributed by atoms with Gasteiger partial charge in [0.15, 0.2) is 0 Å². The summed E-state index contributed by atoms with van der Waals surface area (Å²) in [5.41, 5.74) is 1.93. The molecule has 16 heavy (non-hydrogen) atoms. The summed E-state index contributed by atoms with van der Waals surface area (Å²) in [6.45, 7) is 2.50. The van der Waals surface area contributed by atoms with Crippen LogP contribution in [0.3, 0.4) is 0 Å². The Labute approximate surface area is 108 Å². The Morgan fingerprint density at radius 1 is 1.25 bits per heavy atom. The highest BCUT2D eigenvalue weighted by Gasteiger charge is 2.49. The first kappa shape index (κ1) is 12.2. The van der Waals surface area contributed by atoms with Gasteiger partial charge in [-0.25, -0.2) is 0 Å². The number of nitrogens with zero attached hydrogens (tertiary/aromatic N) is 1. The van der Waals surface area contributed by atoms with Gasteiger partial charge in [0.05, 0.1) is 0 Å². The van der Waals surface area contributed by atoms with Crippen molar-refractivity contribution in [2.24, 2.45) is 5.92 Å². The summed E-state index contributed by atoms with van der Waals surface area (Å²) in [5, 5.41) is 0.843. The molecule has 1 saturated carbocycles. The van der Waals surface area contributed by atoms with E-state index in [0.29, 0.717) is 5.41 Å². The van der Waals surface area contributed by atoms with Crippen molar-refractivity contribution < 1.29 is 0 Å². The minimum atomic E-state index is 0. The zero-order valence-electron chi connectivity index (χ0n) is 9.45. The Morgan fingerprint density at radius 3 is 2.44 bits per heavy atom. The smallest absolute Gasteiger partial charge is 0.0406 e. The van der Waals surface area contributed by atoms with E-state index in [9.17, 15) is 0 Å². The quantitative estimate of drug-likeness (QED) is 0.746. The Bertz CT molecular complexity index is 368. The predicted octanol–water partition coefficient (Wildman–Crippen LogP) is 3.36.